The first kappa shape index (κ1) is 15.0. The number of rotatable bonds is 4. The molecule has 110 valence electrons. The van der Waals surface area contributed by atoms with Crippen LogP contribution >= 0.6 is 0 Å². The number of nitrogens with two attached hydrogens (primary N) is 1. The van der Waals surface area contributed by atoms with Gasteiger partial charge in [-0.2, -0.15) is 0 Å². The number of hydrogen-bond donors (Lipinski definition) is 1. The highest BCUT2D eigenvalue weighted by Gasteiger charge is 2.38. The van der Waals surface area contributed by atoms with Gasteiger partial charge in [-0.05, 0) is 24.3 Å². The predicted octanol–water partition coefficient (Wildman–Crippen LogP) is 2.69. The van der Waals surface area contributed by atoms with Gasteiger partial charge in [-0.25, -0.2) is 4.39 Å². The highest BCUT2D eigenvalue weighted by Crippen LogP contribution is 2.31. The summed E-state index contributed by atoms with van der Waals surface area (Å²) in [6, 6.07) is 6.25. The fraction of sp³-hybridized carbons (Fsp3) is 0.562. The molecule has 3 nitrogen and oxygen atoms in total. The molecule has 1 amide bonds. The van der Waals surface area contributed by atoms with Gasteiger partial charge in [0.25, 0.3) is 0 Å². The van der Waals surface area contributed by atoms with Crippen molar-refractivity contribution >= 4 is 5.91 Å². The zero-order valence-electron chi connectivity index (χ0n) is 12.4. The van der Waals surface area contributed by atoms with Crippen molar-refractivity contribution in [3.63, 3.8) is 0 Å². The molecule has 0 aliphatic heterocycles. The van der Waals surface area contributed by atoms with Gasteiger partial charge in [-0.3, -0.25) is 4.79 Å². The number of nitrogens with zero attached hydrogens (tertiary/aromatic N) is 1. The van der Waals surface area contributed by atoms with Gasteiger partial charge in [0.15, 0.2) is 0 Å². The number of halogens is 1. The molecule has 1 aromatic carbocycles. The molecule has 4 heteroatoms. The molecule has 1 aliphatic carbocycles. The zero-order valence-corrected chi connectivity index (χ0v) is 12.4. The topological polar surface area (TPSA) is 46.3 Å². The van der Waals surface area contributed by atoms with Crippen molar-refractivity contribution in [3.05, 3.63) is 35.6 Å². The van der Waals surface area contributed by atoms with Gasteiger partial charge in [-0.1, -0.05) is 39.0 Å². The molecule has 0 unspecified atom stereocenters. The summed E-state index contributed by atoms with van der Waals surface area (Å²) in [5, 5.41) is 0. The van der Waals surface area contributed by atoms with Gasteiger partial charge in [0, 0.05) is 18.2 Å². The molecule has 1 fully saturated rings. The van der Waals surface area contributed by atoms with Gasteiger partial charge in [0.2, 0.25) is 5.91 Å². The smallest absolute Gasteiger partial charge is 0.240 e. The highest BCUT2D eigenvalue weighted by atomic mass is 19.1. The number of carbonyl (C=O) groups is 1. The molecule has 1 aliphatic rings. The summed E-state index contributed by atoms with van der Waals surface area (Å²) in [6.07, 6.45) is 1.97. The van der Waals surface area contributed by atoms with Crippen molar-refractivity contribution in [1.29, 1.82) is 0 Å². The van der Waals surface area contributed by atoms with Crippen molar-refractivity contribution in [1.82, 2.24) is 4.90 Å². The van der Waals surface area contributed by atoms with Crippen LogP contribution < -0.4 is 5.73 Å². The fourth-order valence-electron chi connectivity index (χ4n) is 2.13. The van der Waals surface area contributed by atoms with E-state index in [0.29, 0.717) is 12.1 Å². The summed E-state index contributed by atoms with van der Waals surface area (Å²) in [6.45, 7) is 6.15. The Morgan fingerprint density at radius 2 is 2.00 bits per heavy atom. The lowest BCUT2D eigenvalue weighted by atomic mass is 9.86. The molecule has 0 spiro atoms. The van der Waals surface area contributed by atoms with Crippen molar-refractivity contribution < 1.29 is 9.18 Å². The second kappa shape index (κ2) is 5.52. The summed E-state index contributed by atoms with van der Waals surface area (Å²) in [7, 11) is 0. The molecule has 1 aromatic rings. The van der Waals surface area contributed by atoms with Gasteiger partial charge in [0.1, 0.15) is 5.82 Å². The third-order valence-corrected chi connectivity index (χ3v) is 3.77. The molecule has 0 aromatic heterocycles. The molecule has 1 atom stereocenters. The average Bonchev–Trinajstić information content (AvgIpc) is 3.19. The summed E-state index contributed by atoms with van der Waals surface area (Å²) in [5.74, 6) is -0.349. The molecule has 0 bridgehead atoms. The summed E-state index contributed by atoms with van der Waals surface area (Å²) < 4.78 is 13.8. The number of hydrogen-bond acceptors (Lipinski definition) is 2. The summed E-state index contributed by atoms with van der Waals surface area (Å²) >= 11 is 0. The standard InChI is InChI=1S/C16H23FN2O/c1-16(2,3)14(18)15(20)19(12-8-9-12)10-11-6-4-5-7-13(11)17/h4-7,12,14H,8-10,18H2,1-3H3/t14-/m1/s1. The Kier molecular flexibility index (Phi) is 4.14. The van der Waals surface area contributed by atoms with E-state index in [9.17, 15) is 9.18 Å². The lowest BCUT2D eigenvalue weighted by molar-refractivity contribution is -0.136. The minimum Gasteiger partial charge on any atom is -0.334 e. The molecule has 0 heterocycles. The number of amides is 1. The zero-order chi connectivity index (χ0) is 14.9. The van der Waals surface area contributed by atoms with Gasteiger partial charge in [0.05, 0.1) is 6.04 Å². The van der Waals surface area contributed by atoms with E-state index in [1.807, 2.05) is 20.8 Å². The van der Waals surface area contributed by atoms with E-state index in [0.717, 1.165) is 12.8 Å². The van der Waals surface area contributed by atoms with Crippen LogP contribution in [0.15, 0.2) is 24.3 Å². The van der Waals surface area contributed by atoms with E-state index in [2.05, 4.69) is 0 Å². The normalized spacial score (nSPS) is 16.9. The van der Waals surface area contributed by atoms with E-state index in [1.165, 1.54) is 6.07 Å². The van der Waals surface area contributed by atoms with Crippen LogP contribution in [0.25, 0.3) is 0 Å². The van der Waals surface area contributed by atoms with Crippen molar-refractivity contribution in [2.24, 2.45) is 11.1 Å². The Bertz CT molecular complexity index is 491. The Hall–Kier alpha value is -1.42. The summed E-state index contributed by atoms with van der Waals surface area (Å²) in [4.78, 5) is 14.3. The Labute approximate surface area is 120 Å². The maximum absolute atomic E-state index is 13.8. The molecule has 0 radical (unpaired) electrons. The van der Waals surface area contributed by atoms with Crippen LogP contribution in [0.1, 0.15) is 39.2 Å². The molecule has 2 N–H and O–H groups in total. The fourth-order valence-corrected chi connectivity index (χ4v) is 2.13. The van der Waals surface area contributed by atoms with Crippen molar-refractivity contribution in [3.8, 4) is 0 Å². The Morgan fingerprint density at radius 3 is 2.50 bits per heavy atom. The second-order valence-corrected chi connectivity index (χ2v) is 6.63. The minimum atomic E-state index is -0.560. The molecule has 2 rings (SSSR count). The molecular formula is C16H23FN2O. The maximum atomic E-state index is 13.8. The van der Waals surface area contributed by atoms with E-state index in [-0.39, 0.29) is 23.2 Å². The summed E-state index contributed by atoms with van der Waals surface area (Å²) in [5.41, 5.74) is 6.33. The first-order chi connectivity index (χ1) is 9.30. The quantitative estimate of drug-likeness (QED) is 0.920. The van der Waals surface area contributed by atoms with Crippen LogP contribution in [0, 0.1) is 11.2 Å². The third kappa shape index (κ3) is 3.37. The van der Waals surface area contributed by atoms with Gasteiger partial charge < -0.3 is 10.6 Å². The monoisotopic (exact) mass is 278 g/mol. The Morgan fingerprint density at radius 1 is 1.40 bits per heavy atom. The van der Waals surface area contributed by atoms with E-state index in [1.54, 1.807) is 23.1 Å². The molecule has 1 saturated carbocycles. The van der Waals surface area contributed by atoms with Crippen LogP contribution in [-0.2, 0) is 11.3 Å². The van der Waals surface area contributed by atoms with Crippen LogP contribution in [0.4, 0.5) is 4.39 Å². The van der Waals surface area contributed by atoms with Crippen LogP contribution in [0.3, 0.4) is 0 Å². The van der Waals surface area contributed by atoms with Crippen molar-refractivity contribution in [2.45, 2.75) is 52.2 Å². The lowest BCUT2D eigenvalue weighted by Gasteiger charge is -2.32. The minimum absolute atomic E-state index is 0.0803. The Balaban J connectivity index is 2.16. The predicted molar refractivity (Wildman–Crippen MR) is 77.4 cm³/mol. The van der Waals surface area contributed by atoms with E-state index >= 15 is 0 Å². The number of benzene rings is 1. The molecule has 20 heavy (non-hydrogen) atoms. The second-order valence-electron chi connectivity index (χ2n) is 6.63. The van der Waals surface area contributed by atoms with Gasteiger partial charge >= 0.3 is 0 Å². The van der Waals surface area contributed by atoms with E-state index in [4.69, 9.17) is 5.73 Å². The van der Waals surface area contributed by atoms with Crippen LogP contribution in [0.5, 0.6) is 0 Å². The van der Waals surface area contributed by atoms with E-state index < -0.39 is 6.04 Å². The average molecular weight is 278 g/mol. The largest absolute Gasteiger partial charge is 0.334 e. The first-order valence-corrected chi connectivity index (χ1v) is 7.10. The van der Waals surface area contributed by atoms with Crippen molar-refractivity contribution in [2.75, 3.05) is 0 Å². The van der Waals surface area contributed by atoms with Gasteiger partial charge in [-0.15, -0.1) is 0 Å². The maximum Gasteiger partial charge on any atom is 0.240 e. The van der Waals surface area contributed by atoms with Crippen LogP contribution in [0.2, 0.25) is 0 Å². The van der Waals surface area contributed by atoms with Crippen LogP contribution in [-0.4, -0.2) is 22.9 Å². The highest BCUT2D eigenvalue weighted by molar-refractivity contribution is 5.83. The molecule has 0 saturated heterocycles. The third-order valence-electron chi connectivity index (χ3n) is 3.77. The number of carbonyl (C=O) groups excluding carboxylic acids is 1. The lowest BCUT2D eigenvalue weighted by Crippen LogP contribution is -2.50. The molecular weight excluding hydrogens is 255 g/mol. The SMILES string of the molecule is CC(C)(C)[C@H](N)C(=O)N(Cc1ccccc1F)C1CC1. The first-order valence-electron chi connectivity index (χ1n) is 7.10.